The predicted octanol–water partition coefficient (Wildman–Crippen LogP) is 3.51. The molecule has 24 heavy (non-hydrogen) atoms. The van der Waals surface area contributed by atoms with Gasteiger partial charge in [-0.1, -0.05) is 0 Å². The summed E-state index contributed by atoms with van der Waals surface area (Å²) >= 11 is 0. The number of benzene rings is 1. The van der Waals surface area contributed by atoms with E-state index >= 15 is 0 Å². The predicted molar refractivity (Wildman–Crippen MR) is 105 cm³/mol. The molecule has 0 atom stereocenters. The summed E-state index contributed by atoms with van der Waals surface area (Å²) < 4.78 is 7.50. The van der Waals surface area contributed by atoms with E-state index in [0.29, 0.717) is 0 Å². The van der Waals surface area contributed by atoms with Gasteiger partial charge < -0.3 is 10.2 Å². The van der Waals surface area contributed by atoms with Crippen LogP contribution in [0.2, 0.25) is 0 Å². The van der Waals surface area contributed by atoms with Crippen LogP contribution in [0.1, 0.15) is 41.5 Å². The lowest BCUT2D eigenvalue weighted by atomic mass is 10.3. The van der Waals surface area contributed by atoms with Crippen LogP contribution in [-0.4, -0.2) is 63.5 Å². The lowest BCUT2D eigenvalue weighted by Crippen LogP contribution is -2.50. The maximum atomic E-state index is 10.7. The summed E-state index contributed by atoms with van der Waals surface area (Å²) in [5.74, 6) is 0.294. The quantitative estimate of drug-likeness (QED) is 0.628. The molecule has 138 valence electrons. The third-order valence-electron chi connectivity index (χ3n) is 4.66. The van der Waals surface area contributed by atoms with E-state index in [1.807, 2.05) is 6.07 Å². The van der Waals surface area contributed by atoms with Crippen LogP contribution in [0.3, 0.4) is 0 Å². The lowest BCUT2D eigenvalue weighted by molar-refractivity contribution is 0.337. The fourth-order valence-corrected chi connectivity index (χ4v) is 8.61. The average Bonchev–Trinajstić information content (AvgIpc) is 2.57. The third-order valence-corrected chi connectivity index (χ3v) is 9.74. The Kier molecular flexibility index (Phi) is 8.44. The molecule has 0 saturated carbocycles. The molecule has 0 heterocycles. The zero-order chi connectivity index (χ0) is 18.3. The highest BCUT2D eigenvalue weighted by atomic mass is 31.2. The van der Waals surface area contributed by atoms with E-state index in [0.717, 1.165) is 44.6 Å². The standard InChI is InChI=1S/C18H34N3O2P/c1-7-19(8-2)24(20(9-3)10-4,21(11-5)12-6)18-14-13-16(22)15-17(18)23/h13-15H,7-12H2,1-6H3,(H-,22,23)/p+1. The number of hydrogen-bond acceptors (Lipinski definition) is 5. The Labute approximate surface area is 148 Å². The Balaban J connectivity index is 3.79. The Morgan fingerprint density at radius 3 is 1.38 bits per heavy atom. The van der Waals surface area contributed by atoms with Crippen LogP contribution in [-0.2, 0) is 0 Å². The van der Waals surface area contributed by atoms with Gasteiger partial charge in [-0.3, -0.25) is 0 Å². The molecule has 0 amide bonds. The van der Waals surface area contributed by atoms with Crippen LogP contribution in [0.4, 0.5) is 0 Å². The largest absolute Gasteiger partial charge is 0.508 e. The smallest absolute Gasteiger partial charge is 0.265 e. The van der Waals surface area contributed by atoms with E-state index in [2.05, 4.69) is 55.6 Å². The molecular weight excluding hydrogens is 321 g/mol. The van der Waals surface area contributed by atoms with Gasteiger partial charge in [0.25, 0.3) is 7.71 Å². The van der Waals surface area contributed by atoms with Crippen molar-refractivity contribution in [2.24, 2.45) is 0 Å². The van der Waals surface area contributed by atoms with E-state index in [9.17, 15) is 10.2 Å². The number of aromatic hydroxyl groups is 2. The van der Waals surface area contributed by atoms with E-state index in [4.69, 9.17) is 0 Å². The van der Waals surface area contributed by atoms with Crippen LogP contribution in [0.15, 0.2) is 18.2 Å². The van der Waals surface area contributed by atoms with Gasteiger partial charge in [-0.25, -0.2) is 0 Å². The maximum Gasteiger partial charge on any atom is 0.265 e. The molecule has 0 aliphatic carbocycles. The molecule has 0 bridgehead atoms. The van der Waals surface area contributed by atoms with Gasteiger partial charge in [-0.05, 0) is 53.7 Å². The van der Waals surface area contributed by atoms with E-state index in [1.54, 1.807) is 6.07 Å². The molecule has 0 aromatic heterocycles. The topological polar surface area (TPSA) is 50.2 Å². The van der Waals surface area contributed by atoms with Crippen molar-refractivity contribution in [1.29, 1.82) is 0 Å². The van der Waals surface area contributed by atoms with Crippen molar-refractivity contribution in [1.82, 2.24) is 14.0 Å². The normalized spacial score (nSPS) is 12.5. The zero-order valence-corrected chi connectivity index (χ0v) is 17.1. The van der Waals surface area contributed by atoms with Crippen molar-refractivity contribution in [3.05, 3.63) is 18.2 Å². The highest BCUT2D eigenvalue weighted by molar-refractivity contribution is 7.76. The van der Waals surface area contributed by atoms with Crippen molar-refractivity contribution in [3.8, 4) is 11.5 Å². The van der Waals surface area contributed by atoms with Crippen LogP contribution in [0.5, 0.6) is 11.5 Å². The molecule has 2 N–H and O–H groups in total. The minimum atomic E-state index is -2.10. The summed E-state index contributed by atoms with van der Waals surface area (Å²) in [5.41, 5.74) is 0. The Hall–Kier alpha value is -0.870. The molecular formula is C18H35N3O2P+. The first-order chi connectivity index (χ1) is 11.5. The molecule has 1 aromatic carbocycles. The van der Waals surface area contributed by atoms with Crippen LogP contribution < -0.4 is 5.30 Å². The number of phenolic OH excluding ortho intramolecular Hbond substituents is 2. The second-order valence-corrected chi connectivity index (χ2v) is 8.97. The molecule has 0 fully saturated rings. The summed E-state index contributed by atoms with van der Waals surface area (Å²) in [6.45, 7) is 18.6. The summed E-state index contributed by atoms with van der Waals surface area (Å²) in [5, 5.41) is 21.4. The van der Waals surface area contributed by atoms with Gasteiger partial charge in [-0.15, -0.1) is 14.0 Å². The first-order valence-corrected chi connectivity index (χ1v) is 10.8. The molecule has 0 aliphatic rings. The van der Waals surface area contributed by atoms with Crippen LogP contribution >= 0.6 is 7.71 Å². The van der Waals surface area contributed by atoms with E-state index in [1.165, 1.54) is 6.07 Å². The summed E-state index contributed by atoms with van der Waals surface area (Å²) in [7, 11) is -2.10. The summed E-state index contributed by atoms with van der Waals surface area (Å²) in [4.78, 5) is 0. The molecule has 0 aliphatic heterocycles. The number of hydrogen-bond donors (Lipinski definition) is 2. The highest BCUT2D eigenvalue weighted by Crippen LogP contribution is 2.67. The molecule has 6 heteroatoms. The van der Waals surface area contributed by atoms with Crippen LogP contribution in [0.25, 0.3) is 0 Å². The van der Waals surface area contributed by atoms with Gasteiger partial charge >= 0.3 is 0 Å². The van der Waals surface area contributed by atoms with Gasteiger partial charge in [-0.2, -0.15) is 0 Å². The number of nitrogens with zero attached hydrogens (tertiary/aromatic N) is 3. The zero-order valence-electron chi connectivity index (χ0n) is 16.2. The highest BCUT2D eigenvalue weighted by Gasteiger charge is 2.57. The fraction of sp³-hybridized carbons (Fsp3) is 0.667. The Morgan fingerprint density at radius 1 is 0.708 bits per heavy atom. The second kappa shape index (κ2) is 9.57. The average molecular weight is 356 g/mol. The summed E-state index contributed by atoms with van der Waals surface area (Å²) in [6, 6.07) is 5.08. The Morgan fingerprint density at radius 2 is 1.08 bits per heavy atom. The second-order valence-electron chi connectivity index (χ2n) is 5.66. The SMILES string of the molecule is CCN(CC)[P+](c1ccc(O)cc1O)(N(CC)CC)N(CC)CC. The molecule has 0 unspecified atom stereocenters. The van der Waals surface area contributed by atoms with Crippen molar-refractivity contribution >= 4 is 13.0 Å². The molecule has 5 nitrogen and oxygen atoms in total. The van der Waals surface area contributed by atoms with Gasteiger partial charge in [0.15, 0.2) is 11.1 Å². The summed E-state index contributed by atoms with van der Waals surface area (Å²) in [6.07, 6.45) is 0. The van der Waals surface area contributed by atoms with Gasteiger partial charge in [0, 0.05) is 45.3 Å². The number of phenols is 2. The Bertz CT molecular complexity index is 470. The lowest BCUT2D eigenvalue weighted by Gasteiger charge is -2.46. The fourth-order valence-electron chi connectivity index (χ4n) is 3.61. The van der Waals surface area contributed by atoms with E-state index < -0.39 is 7.71 Å². The molecule has 0 spiro atoms. The van der Waals surface area contributed by atoms with Gasteiger partial charge in [0.2, 0.25) is 0 Å². The molecule has 1 rings (SSSR count). The molecule has 0 saturated heterocycles. The minimum absolute atomic E-state index is 0.105. The molecule has 0 radical (unpaired) electrons. The van der Waals surface area contributed by atoms with E-state index in [-0.39, 0.29) is 11.5 Å². The van der Waals surface area contributed by atoms with Gasteiger partial charge in [0.1, 0.15) is 5.75 Å². The number of rotatable bonds is 10. The van der Waals surface area contributed by atoms with Crippen LogP contribution in [0, 0.1) is 0 Å². The third kappa shape index (κ3) is 3.70. The van der Waals surface area contributed by atoms with Crippen molar-refractivity contribution in [3.63, 3.8) is 0 Å². The minimum Gasteiger partial charge on any atom is -0.508 e. The monoisotopic (exact) mass is 356 g/mol. The molecule has 1 aromatic rings. The first-order valence-electron chi connectivity index (χ1n) is 9.15. The van der Waals surface area contributed by atoms with Crippen molar-refractivity contribution < 1.29 is 10.2 Å². The van der Waals surface area contributed by atoms with Gasteiger partial charge in [0.05, 0.1) is 0 Å². The van der Waals surface area contributed by atoms with Crippen molar-refractivity contribution in [2.45, 2.75) is 41.5 Å². The van der Waals surface area contributed by atoms with Crippen molar-refractivity contribution in [2.75, 3.05) is 39.3 Å². The maximum absolute atomic E-state index is 10.7. The first kappa shape index (κ1) is 21.2.